The molecule has 0 atom stereocenters. The second kappa shape index (κ2) is 8.25. The van der Waals surface area contributed by atoms with Crippen LogP contribution in [0.2, 0.25) is 0 Å². The molecule has 1 aromatic carbocycles. The van der Waals surface area contributed by atoms with Gasteiger partial charge in [-0.25, -0.2) is 18.1 Å². The molecule has 0 amide bonds. The molecule has 0 unspecified atom stereocenters. The van der Waals surface area contributed by atoms with Gasteiger partial charge in [0.2, 0.25) is 10.0 Å². The van der Waals surface area contributed by atoms with Crippen molar-refractivity contribution in [2.45, 2.75) is 11.4 Å². The number of sulfonamides is 1. The number of hydrogen-bond donors (Lipinski definition) is 0. The van der Waals surface area contributed by atoms with Crippen LogP contribution in [0.25, 0.3) is 5.57 Å². The van der Waals surface area contributed by atoms with Crippen molar-refractivity contribution < 1.29 is 8.42 Å². The Morgan fingerprint density at radius 2 is 2.00 bits per heavy atom. The maximum atomic E-state index is 13.5. The molecule has 0 bridgehead atoms. The fourth-order valence-electron chi connectivity index (χ4n) is 3.27. The summed E-state index contributed by atoms with van der Waals surface area (Å²) >= 11 is 3.35. The Morgan fingerprint density at radius 1 is 1.23 bits per heavy atom. The van der Waals surface area contributed by atoms with Crippen molar-refractivity contribution in [2.24, 2.45) is 7.05 Å². The van der Waals surface area contributed by atoms with Crippen LogP contribution in [0.3, 0.4) is 0 Å². The number of aromatic nitrogens is 5. The third kappa shape index (κ3) is 4.00. The average molecular weight is 490 g/mol. The van der Waals surface area contributed by atoms with Crippen molar-refractivity contribution in [2.75, 3.05) is 25.0 Å². The summed E-state index contributed by atoms with van der Waals surface area (Å²) in [5.74, 6) is 0.939. The van der Waals surface area contributed by atoms with Crippen molar-refractivity contribution in [3.63, 3.8) is 0 Å². The summed E-state index contributed by atoms with van der Waals surface area (Å²) in [5.41, 5.74) is 2.01. The fourth-order valence-corrected chi connectivity index (χ4v) is 5.33. The molecular weight excluding hydrogens is 470 g/mol. The molecule has 1 aliphatic rings. The van der Waals surface area contributed by atoms with E-state index >= 15 is 0 Å². The summed E-state index contributed by atoms with van der Waals surface area (Å²) in [5, 5.41) is 11.4. The minimum absolute atomic E-state index is 0.136. The zero-order valence-corrected chi connectivity index (χ0v) is 18.9. The first-order valence-corrected chi connectivity index (χ1v) is 11.4. The molecule has 30 heavy (non-hydrogen) atoms. The van der Waals surface area contributed by atoms with Crippen LogP contribution in [0.1, 0.15) is 11.4 Å². The molecule has 0 spiro atoms. The topological polar surface area (TPSA) is 97.1 Å². The van der Waals surface area contributed by atoms with Gasteiger partial charge < -0.3 is 4.90 Å². The maximum absolute atomic E-state index is 13.5. The first-order valence-electron chi connectivity index (χ1n) is 9.19. The van der Waals surface area contributed by atoms with Gasteiger partial charge in [0.1, 0.15) is 10.7 Å². The lowest BCUT2D eigenvalue weighted by molar-refractivity contribution is 0.489. The number of halogens is 1. The van der Waals surface area contributed by atoms with Gasteiger partial charge in [0.15, 0.2) is 5.82 Å². The minimum Gasteiger partial charge on any atom is -0.351 e. The Morgan fingerprint density at radius 3 is 2.70 bits per heavy atom. The zero-order chi connectivity index (χ0) is 21.3. The van der Waals surface area contributed by atoms with Crippen LogP contribution in [-0.4, -0.2) is 58.1 Å². The Labute approximate surface area is 183 Å². The summed E-state index contributed by atoms with van der Waals surface area (Å²) in [6.45, 7) is 0.943. The van der Waals surface area contributed by atoms with E-state index in [1.54, 1.807) is 35.9 Å². The molecule has 0 aliphatic carbocycles. The molecule has 4 rings (SSSR count). The quantitative estimate of drug-likeness (QED) is 0.522. The van der Waals surface area contributed by atoms with E-state index in [9.17, 15) is 8.42 Å². The van der Waals surface area contributed by atoms with E-state index in [1.165, 1.54) is 4.31 Å². The maximum Gasteiger partial charge on any atom is 0.247 e. The molecule has 3 heterocycles. The molecule has 0 N–H and O–H groups in total. The van der Waals surface area contributed by atoms with Gasteiger partial charge >= 0.3 is 0 Å². The first kappa shape index (κ1) is 20.6. The highest BCUT2D eigenvalue weighted by atomic mass is 79.9. The molecule has 0 radical (unpaired) electrons. The van der Waals surface area contributed by atoms with Crippen LogP contribution in [-0.2, 0) is 23.6 Å². The summed E-state index contributed by atoms with van der Waals surface area (Å²) in [7, 11) is -0.280. The Kier molecular flexibility index (Phi) is 5.67. The molecule has 156 valence electrons. The van der Waals surface area contributed by atoms with E-state index in [0.29, 0.717) is 35.7 Å². The van der Waals surface area contributed by atoms with Gasteiger partial charge in [0.25, 0.3) is 0 Å². The first-order chi connectivity index (χ1) is 14.4. The number of benzene rings is 1. The van der Waals surface area contributed by atoms with Crippen molar-refractivity contribution >= 4 is 37.3 Å². The zero-order valence-electron chi connectivity index (χ0n) is 16.5. The molecule has 11 heteroatoms. The average Bonchev–Trinajstić information content (AvgIpc) is 3.39. The van der Waals surface area contributed by atoms with E-state index in [-0.39, 0.29) is 4.90 Å². The van der Waals surface area contributed by atoms with Gasteiger partial charge in [-0.15, -0.1) is 5.10 Å². The predicted octanol–water partition coefficient (Wildman–Crippen LogP) is 2.09. The second-order valence-corrected chi connectivity index (χ2v) is 9.77. The number of anilines is 1. The Balaban J connectivity index is 1.63. The predicted molar refractivity (Wildman–Crippen MR) is 116 cm³/mol. The summed E-state index contributed by atoms with van der Waals surface area (Å²) in [6.07, 6.45) is 3.53. The lowest BCUT2D eigenvalue weighted by Crippen LogP contribution is -2.31. The summed E-state index contributed by atoms with van der Waals surface area (Å²) in [4.78, 5) is 6.25. The van der Waals surface area contributed by atoms with Crippen molar-refractivity contribution in [3.05, 3.63) is 64.5 Å². The molecular formula is C19H20BrN7O2S. The molecule has 9 nitrogen and oxygen atoms in total. The standard InChI is InChI=1S/C19H20BrN7O2S/c1-25(13-18-22-23-24-26(18)2)19-17(10-16(20)11-21-19)30(28,29)27-9-8-15(12-27)14-6-4-3-5-7-14/h3-8,10-11H,9,12-13H2,1-2H3. The van der Waals surface area contributed by atoms with Crippen LogP contribution in [0.5, 0.6) is 0 Å². The minimum atomic E-state index is -3.78. The van der Waals surface area contributed by atoms with E-state index in [4.69, 9.17) is 0 Å². The van der Waals surface area contributed by atoms with Crippen LogP contribution in [0.15, 0.2) is 58.0 Å². The molecule has 1 aliphatic heterocycles. The number of pyridine rings is 1. The number of rotatable bonds is 6. The van der Waals surface area contributed by atoms with Crippen LogP contribution < -0.4 is 4.90 Å². The number of hydrogen-bond acceptors (Lipinski definition) is 7. The number of tetrazole rings is 1. The number of nitrogens with zero attached hydrogens (tertiary/aromatic N) is 7. The highest BCUT2D eigenvalue weighted by molar-refractivity contribution is 9.10. The van der Waals surface area contributed by atoms with Gasteiger partial charge in [-0.1, -0.05) is 36.4 Å². The van der Waals surface area contributed by atoms with Gasteiger partial charge in [-0.05, 0) is 43.6 Å². The van der Waals surface area contributed by atoms with Crippen LogP contribution in [0, 0.1) is 0 Å². The van der Waals surface area contributed by atoms with Gasteiger partial charge in [-0.2, -0.15) is 4.31 Å². The summed E-state index contributed by atoms with van der Waals surface area (Å²) in [6, 6.07) is 11.4. The normalized spacial score (nSPS) is 14.7. The second-order valence-electron chi connectivity index (χ2n) is 6.94. The third-order valence-corrected chi connectivity index (χ3v) is 7.15. The van der Waals surface area contributed by atoms with Crippen molar-refractivity contribution in [3.8, 4) is 0 Å². The highest BCUT2D eigenvalue weighted by Gasteiger charge is 2.32. The van der Waals surface area contributed by atoms with E-state index in [0.717, 1.165) is 11.1 Å². The number of aryl methyl sites for hydroxylation is 1. The van der Waals surface area contributed by atoms with E-state index in [1.807, 2.05) is 36.4 Å². The molecule has 0 saturated heterocycles. The highest BCUT2D eigenvalue weighted by Crippen LogP contribution is 2.32. The summed E-state index contributed by atoms with van der Waals surface area (Å²) < 4.78 is 30.6. The Bertz CT molecular complexity index is 1190. The lowest BCUT2D eigenvalue weighted by Gasteiger charge is -2.23. The van der Waals surface area contributed by atoms with Crippen LogP contribution >= 0.6 is 15.9 Å². The van der Waals surface area contributed by atoms with Gasteiger partial charge in [0.05, 0.1) is 6.54 Å². The smallest absolute Gasteiger partial charge is 0.247 e. The SMILES string of the molecule is CN(Cc1nnnn1C)c1ncc(Br)cc1S(=O)(=O)N1CC=C(c2ccccc2)C1. The Hall–Kier alpha value is -2.63. The molecule has 0 saturated carbocycles. The fraction of sp³-hybridized carbons (Fsp3) is 0.263. The third-order valence-electron chi connectivity index (χ3n) is 4.90. The molecule has 2 aromatic heterocycles. The monoisotopic (exact) mass is 489 g/mol. The molecule has 0 fully saturated rings. The largest absolute Gasteiger partial charge is 0.351 e. The molecule has 3 aromatic rings. The van der Waals surface area contributed by atoms with Crippen molar-refractivity contribution in [1.82, 2.24) is 29.5 Å². The van der Waals surface area contributed by atoms with E-state index in [2.05, 4.69) is 36.4 Å². The lowest BCUT2D eigenvalue weighted by atomic mass is 10.1. The van der Waals surface area contributed by atoms with Crippen LogP contribution in [0.4, 0.5) is 5.82 Å². The van der Waals surface area contributed by atoms with Crippen molar-refractivity contribution in [1.29, 1.82) is 0 Å². The van der Waals surface area contributed by atoms with Gasteiger partial charge in [-0.3, -0.25) is 0 Å². The van der Waals surface area contributed by atoms with Gasteiger partial charge in [0, 0.05) is 37.9 Å². The van der Waals surface area contributed by atoms with E-state index < -0.39 is 10.0 Å².